The molecular formula is C20H26N4O. The summed E-state index contributed by atoms with van der Waals surface area (Å²) in [7, 11) is 0. The summed E-state index contributed by atoms with van der Waals surface area (Å²) in [5.41, 5.74) is 3.80. The van der Waals surface area contributed by atoms with Gasteiger partial charge in [0.15, 0.2) is 0 Å². The number of hydrogen-bond acceptors (Lipinski definition) is 4. The Labute approximate surface area is 148 Å². The maximum absolute atomic E-state index is 5.92. The van der Waals surface area contributed by atoms with Gasteiger partial charge in [0, 0.05) is 55.5 Å². The maximum Gasteiger partial charge on any atom is 0.147 e. The summed E-state index contributed by atoms with van der Waals surface area (Å²) in [4.78, 5) is 8.28. The highest BCUT2D eigenvalue weighted by Gasteiger charge is 2.19. The molecule has 0 spiro atoms. The number of allylic oxidation sites excluding steroid dienone is 2. The third-order valence-electron chi connectivity index (χ3n) is 5.01. The van der Waals surface area contributed by atoms with Crippen LogP contribution in [0.3, 0.4) is 0 Å². The SMILES string of the molecule is CC1=CC(OCCN2CCN(c3cccc4[nH]ccc34)CC2)NC=C1. The van der Waals surface area contributed by atoms with Gasteiger partial charge in [0.1, 0.15) is 6.23 Å². The van der Waals surface area contributed by atoms with Crippen molar-refractivity contribution < 1.29 is 4.74 Å². The Kier molecular flexibility index (Phi) is 4.76. The summed E-state index contributed by atoms with van der Waals surface area (Å²) in [5, 5.41) is 4.54. The number of nitrogens with one attached hydrogen (secondary N) is 2. The second-order valence-corrected chi connectivity index (χ2v) is 6.75. The van der Waals surface area contributed by atoms with E-state index in [1.807, 2.05) is 12.4 Å². The molecule has 1 aromatic heterocycles. The summed E-state index contributed by atoms with van der Waals surface area (Å²) < 4.78 is 5.92. The molecule has 1 atom stereocenters. The normalized spacial score (nSPS) is 21.4. The molecule has 1 aromatic carbocycles. The first kappa shape index (κ1) is 16.2. The molecule has 1 unspecified atom stereocenters. The number of aromatic amines is 1. The van der Waals surface area contributed by atoms with E-state index in [9.17, 15) is 0 Å². The molecule has 2 aliphatic heterocycles. The number of H-pyrrole nitrogens is 1. The van der Waals surface area contributed by atoms with Crippen LogP contribution >= 0.6 is 0 Å². The van der Waals surface area contributed by atoms with Crippen LogP contribution in [0.1, 0.15) is 6.92 Å². The van der Waals surface area contributed by atoms with E-state index in [0.717, 1.165) is 39.3 Å². The van der Waals surface area contributed by atoms with Crippen molar-refractivity contribution in [2.45, 2.75) is 13.2 Å². The first-order chi connectivity index (χ1) is 12.3. The van der Waals surface area contributed by atoms with Crippen LogP contribution in [-0.4, -0.2) is 55.4 Å². The number of anilines is 1. The second kappa shape index (κ2) is 7.33. The summed E-state index contributed by atoms with van der Waals surface area (Å²) in [5.74, 6) is 0. The van der Waals surface area contributed by atoms with Gasteiger partial charge in [-0.05, 0) is 49.0 Å². The molecule has 5 heteroatoms. The van der Waals surface area contributed by atoms with Crippen LogP contribution < -0.4 is 10.2 Å². The first-order valence-corrected chi connectivity index (χ1v) is 9.06. The topological polar surface area (TPSA) is 43.5 Å². The number of dihydropyridines is 1. The van der Waals surface area contributed by atoms with Gasteiger partial charge in [-0.15, -0.1) is 0 Å². The van der Waals surface area contributed by atoms with Crippen molar-refractivity contribution in [1.82, 2.24) is 15.2 Å². The van der Waals surface area contributed by atoms with E-state index in [4.69, 9.17) is 4.74 Å². The van der Waals surface area contributed by atoms with E-state index in [1.165, 1.54) is 22.2 Å². The summed E-state index contributed by atoms with van der Waals surface area (Å²) in [6, 6.07) is 8.67. The maximum atomic E-state index is 5.92. The van der Waals surface area contributed by atoms with Gasteiger partial charge in [-0.3, -0.25) is 4.90 Å². The van der Waals surface area contributed by atoms with Crippen molar-refractivity contribution >= 4 is 16.6 Å². The van der Waals surface area contributed by atoms with Gasteiger partial charge in [0.2, 0.25) is 0 Å². The van der Waals surface area contributed by atoms with Gasteiger partial charge in [-0.2, -0.15) is 0 Å². The van der Waals surface area contributed by atoms with E-state index in [2.05, 4.69) is 63.4 Å². The quantitative estimate of drug-likeness (QED) is 0.880. The second-order valence-electron chi connectivity index (χ2n) is 6.75. The van der Waals surface area contributed by atoms with E-state index in [0.29, 0.717) is 0 Å². The highest BCUT2D eigenvalue weighted by atomic mass is 16.5. The predicted molar refractivity (Wildman–Crippen MR) is 103 cm³/mol. The number of fused-ring (bicyclic) bond motifs is 1. The van der Waals surface area contributed by atoms with Crippen LogP contribution in [0.4, 0.5) is 5.69 Å². The van der Waals surface area contributed by atoms with Crippen molar-refractivity contribution in [3.05, 3.63) is 54.4 Å². The molecule has 2 N–H and O–H groups in total. The molecule has 0 aliphatic carbocycles. The zero-order chi connectivity index (χ0) is 17.1. The van der Waals surface area contributed by atoms with E-state index in [1.54, 1.807) is 0 Å². The zero-order valence-corrected chi connectivity index (χ0v) is 14.7. The summed E-state index contributed by atoms with van der Waals surface area (Å²) in [6.07, 6.45) is 8.17. The first-order valence-electron chi connectivity index (χ1n) is 9.06. The predicted octanol–water partition coefficient (Wildman–Crippen LogP) is 2.70. The largest absolute Gasteiger partial charge is 0.368 e. The van der Waals surface area contributed by atoms with Crippen LogP contribution in [0.2, 0.25) is 0 Å². The number of nitrogens with zero attached hydrogens (tertiary/aromatic N) is 2. The van der Waals surface area contributed by atoms with Crippen molar-refractivity contribution in [2.75, 3.05) is 44.2 Å². The monoisotopic (exact) mass is 338 g/mol. The number of benzene rings is 1. The number of piperazine rings is 1. The van der Waals surface area contributed by atoms with Crippen molar-refractivity contribution in [3.8, 4) is 0 Å². The molecule has 0 bridgehead atoms. The van der Waals surface area contributed by atoms with Gasteiger partial charge in [-0.25, -0.2) is 0 Å². The molecule has 25 heavy (non-hydrogen) atoms. The Morgan fingerprint density at radius 1 is 1.16 bits per heavy atom. The highest BCUT2D eigenvalue weighted by molar-refractivity contribution is 5.92. The fourth-order valence-electron chi connectivity index (χ4n) is 3.58. The zero-order valence-electron chi connectivity index (χ0n) is 14.7. The lowest BCUT2D eigenvalue weighted by Gasteiger charge is -2.36. The summed E-state index contributed by atoms with van der Waals surface area (Å²) >= 11 is 0. The average Bonchev–Trinajstić information content (AvgIpc) is 3.11. The third-order valence-corrected chi connectivity index (χ3v) is 5.01. The Balaban J connectivity index is 1.26. The van der Waals surface area contributed by atoms with Crippen LogP contribution in [0, 0.1) is 0 Å². The minimum Gasteiger partial charge on any atom is -0.368 e. The van der Waals surface area contributed by atoms with E-state index >= 15 is 0 Å². The molecule has 5 nitrogen and oxygen atoms in total. The minimum atomic E-state index is 0.0116. The van der Waals surface area contributed by atoms with Crippen LogP contribution in [-0.2, 0) is 4.74 Å². The van der Waals surface area contributed by atoms with Gasteiger partial charge >= 0.3 is 0 Å². The fraction of sp³-hybridized carbons (Fsp3) is 0.400. The van der Waals surface area contributed by atoms with Gasteiger partial charge in [-0.1, -0.05) is 6.07 Å². The van der Waals surface area contributed by atoms with Crippen LogP contribution in [0.25, 0.3) is 10.9 Å². The highest BCUT2D eigenvalue weighted by Crippen LogP contribution is 2.26. The Morgan fingerprint density at radius 2 is 2.04 bits per heavy atom. The fourth-order valence-corrected chi connectivity index (χ4v) is 3.58. The number of aromatic nitrogens is 1. The molecule has 2 aromatic rings. The lowest BCUT2D eigenvalue weighted by molar-refractivity contribution is 0.0512. The number of ether oxygens (including phenoxy) is 1. The standard InChI is InChI=1S/C20H26N4O/c1-16-5-7-22-20(15-16)25-14-13-23-9-11-24(12-10-23)19-4-2-3-18-17(19)6-8-21-18/h2-8,15,20-22H,9-14H2,1H3. The van der Waals surface area contributed by atoms with E-state index in [-0.39, 0.29) is 6.23 Å². The molecule has 0 amide bonds. The smallest absolute Gasteiger partial charge is 0.147 e. The average molecular weight is 338 g/mol. The molecule has 3 heterocycles. The molecule has 0 radical (unpaired) electrons. The molecular weight excluding hydrogens is 312 g/mol. The molecule has 0 saturated carbocycles. The Hall–Kier alpha value is -2.24. The Bertz CT molecular complexity index is 771. The number of rotatable bonds is 5. The minimum absolute atomic E-state index is 0.0116. The molecule has 2 aliphatic rings. The van der Waals surface area contributed by atoms with Gasteiger partial charge in [0.05, 0.1) is 6.61 Å². The lowest BCUT2D eigenvalue weighted by atomic mass is 10.1. The van der Waals surface area contributed by atoms with Gasteiger partial charge < -0.3 is 19.9 Å². The van der Waals surface area contributed by atoms with E-state index < -0.39 is 0 Å². The summed E-state index contributed by atoms with van der Waals surface area (Å²) in [6.45, 7) is 8.12. The van der Waals surface area contributed by atoms with Gasteiger partial charge in [0.25, 0.3) is 0 Å². The van der Waals surface area contributed by atoms with Crippen molar-refractivity contribution in [2.24, 2.45) is 0 Å². The molecule has 4 rings (SSSR count). The molecule has 132 valence electrons. The molecule has 1 saturated heterocycles. The molecule has 1 fully saturated rings. The third kappa shape index (κ3) is 3.72. The van der Waals surface area contributed by atoms with Crippen LogP contribution in [0.5, 0.6) is 0 Å². The van der Waals surface area contributed by atoms with Crippen molar-refractivity contribution in [1.29, 1.82) is 0 Å². The van der Waals surface area contributed by atoms with Crippen molar-refractivity contribution in [3.63, 3.8) is 0 Å². The van der Waals surface area contributed by atoms with Crippen LogP contribution in [0.15, 0.2) is 54.4 Å². The number of hydrogen-bond donors (Lipinski definition) is 2. The lowest BCUT2D eigenvalue weighted by Crippen LogP contribution is -2.47. The Morgan fingerprint density at radius 3 is 2.88 bits per heavy atom.